The lowest BCUT2D eigenvalue weighted by atomic mass is 9.69. The van der Waals surface area contributed by atoms with Crippen LogP contribution in [0.3, 0.4) is 0 Å². The van der Waals surface area contributed by atoms with Crippen LogP contribution in [0.25, 0.3) is 0 Å². The van der Waals surface area contributed by atoms with E-state index >= 15 is 0 Å². The number of nitrogens with one attached hydrogen (secondary N) is 2. The van der Waals surface area contributed by atoms with Gasteiger partial charge in [0.05, 0.1) is 10.6 Å². The van der Waals surface area contributed by atoms with Crippen LogP contribution in [0.5, 0.6) is 5.75 Å². The number of carbonyl (C=O) groups excluding carboxylic acids is 1. The molecule has 0 saturated carbocycles. The average molecular weight is 484 g/mol. The molecule has 2 heterocycles. The van der Waals surface area contributed by atoms with Gasteiger partial charge in [-0.15, -0.1) is 11.3 Å². The van der Waals surface area contributed by atoms with Gasteiger partial charge in [0.2, 0.25) is 0 Å². The monoisotopic (exact) mass is 482 g/mol. The largest absolute Gasteiger partial charge is 0.506 e. The van der Waals surface area contributed by atoms with Crippen molar-refractivity contribution < 1.29 is 9.90 Å². The maximum absolute atomic E-state index is 12.9. The number of phenols is 1. The molecule has 0 saturated heterocycles. The molecule has 0 bridgehead atoms. The third-order valence-electron chi connectivity index (χ3n) is 6.43. The van der Waals surface area contributed by atoms with Gasteiger partial charge in [0.15, 0.2) is 0 Å². The van der Waals surface area contributed by atoms with Gasteiger partial charge >= 0.3 is 0 Å². The van der Waals surface area contributed by atoms with Crippen LogP contribution in [-0.4, -0.2) is 11.0 Å². The topological polar surface area (TPSA) is 61.4 Å². The van der Waals surface area contributed by atoms with Crippen molar-refractivity contribution in [3.05, 3.63) is 43.2 Å². The number of halogens is 2. The summed E-state index contributed by atoms with van der Waals surface area (Å²) in [5, 5.41) is 17.9. The first-order chi connectivity index (χ1) is 13.2. The Kier molecular flexibility index (Phi) is 5.17. The lowest BCUT2D eigenvalue weighted by Crippen LogP contribution is -2.38. The van der Waals surface area contributed by atoms with Crippen LogP contribution in [0.15, 0.2) is 16.6 Å². The third kappa shape index (κ3) is 3.33. The normalized spacial score (nSPS) is 21.5. The van der Waals surface area contributed by atoms with Crippen LogP contribution in [-0.2, 0) is 12.8 Å². The van der Waals surface area contributed by atoms with E-state index < -0.39 is 6.17 Å². The minimum Gasteiger partial charge on any atom is -0.506 e. The Morgan fingerprint density at radius 1 is 1.36 bits per heavy atom. The van der Waals surface area contributed by atoms with E-state index in [-0.39, 0.29) is 16.7 Å². The van der Waals surface area contributed by atoms with E-state index in [9.17, 15) is 9.90 Å². The summed E-state index contributed by atoms with van der Waals surface area (Å²) in [4.78, 5) is 14.3. The van der Waals surface area contributed by atoms with Crippen molar-refractivity contribution in [2.45, 2.75) is 52.6 Å². The minimum atomic E-state index is -0.516. The average Bonchev–Trinajstić information content (AvgIpc) is 3.02. The first kappa shape index (κ1) is 20.0. The van der Waals surface area contributed by atoms with Crippen LogP contribution in [0, 0.1) is 11.3 Å². The van der Waals surface area contributed by atoms with Gasteiger partial charge in [0.1, 0.15) is 16.9 Å². The number of anilines is 1. The Balaban J connectivity index is 1.67. The molecule has 4 nitrogen and oxygen atoms in total. The highest BCUT2D eigenvalue weighted by Gasteiger charge is 2.37. The van der Waals surface area contributed by atoms with E-state index in [0.717, 1.165) is 40.7 Å². The number of phenolic OH excluding ortho intramolecular Hbond substituents is 1. The van der Waals surface area contributed by atoms with Crippen LogP contribution in [0.4, 0.5) is 5.00 Å². The second kappa shape index (κ2) is 7.22. The molecule has 150 valence electrons. The Labute approximate surface area is 182 Å². The number of aromatic hydroxyl groups is 1. The molecule has 0 radical (unpaired) electrons. The quantitative estimate of drug-likeness (QED) is 0.482. The van der Waals surface area contributed by atoms with E-state index in [0.29, 0.717) is 16.9 Å². The maximum atomic E-state index is 12.9. The van der Waals surface area contributed by atoms with Crippen molar-refractivity contribution in [1.29, 1.82) is 0 Å². The number of amides is 1. The highest BCUT2D eigenvalue weighted by molar-refractivity contribution is 9.10. The summed E-state index contributed by atoms with van der Waals surface area (Å²) in [5.74, 6) is 0.536. The fourth-order valence-corrected chi connectivity index (χ4v) is 6.40. The van der Waals surface area contributed by atoms with Gasteiger partial charge in [-0.1, -0.05) is 54.7 Å². The minimum absolute atomic E-state index is 0.0165. The van der Waals surface area contributed by atoms with Crippen molar-refractivity contribution in [1.82, 2.24) is 5.32 Å². The van der Waals surface area contributed by atoms with E-state index in [1.807, 2.05) is 0 Å². The maximum Gasteiger partial charge on any atom is 0.256 e. The molecule has 3 N–H and O–H groups in total. The van der Waals surface area contributed by atoms with Gasteiger partial charge in [-0.2, -0.15) is 0 Å². The van der Waals surface area contributed by atoms with E-state index in [1.165, 1.54) is 10.4 Å². The zero-order valence-electron chi connectivity index (χ0n) is 16.2. The second-order valence-electron chi connectivity index (χ2n) is 8.37. The fraction of sp³-hybridized carbons (Fsp3) is 0.476. The summed E-state index contributed by atoms with van der Waals surface area (Å²) < 4.78 is 0.752. The van der Waals surface area contributed by atoms with Crippen molar-refractivity contribution in [3.8, 4) is 5.75 Å². The Bertz CT molecular complexity index is 956. The molecule has 1 aromatic carbocycles. The van der Waals surface area contributed by atoms with Crippen molar-refractivity contribution >= 4 is 49.8 Å². The summed E-state index contributed by atoms with van der Waals surface area (Å²) in [6.45, 7) is 6.94. The van der Waals surface area contributed by atoms with E-state index in [2.05, 4.69) is 47.3 Å². The van der Waals surface area contributed by atoms with Crippen molar-refractivity contribution in [3.63, 3.8) is 0 Å². The molecule has 7 heteroatoms. The standard InChI is InChI=1S/C21H24BrClN2O2S/c1-4-21(2,3)10-5-6-12-15(7-10)28-20-16(12)19(27)24-18(25-20)13-8-11(22)9-14(23)17(13)26/h8-10,18,25-26H,4-7H2,1-3H3,(H,24,27)/t10-,18+/m0/s1. The molecule has 28 heavy (non-hydrogen) atoms. The van der Waals surface area contributed by atoms with Gasteiger partial charge < -0.3 is 15.7 Å². The van der Waals surface area contributed by atoms with Gasteiger partial charge in [-0.25, -0.2) is 0 Å². The number of hydrogen-bond acceptors (Lipinski definition) is 4. The molecule has 2 aromatic rings. The molecule has 1 amide bonds. The summed E-state index contributed by atoms with van der Waals surface area (Å²) >= 11 is 11.2. The summed E-state index contributed by atoms with van der Waals surface area (Å²) in [6.07, 6.45) is 3.74. The van der Waals surface area contributed by atoms with Crippen LogP contribution in [0.1, 0.15) is 66.1 Å². The van der Waals surface area contributed by atoms with Crippen LogP contribution < -0.4 is 10.6 Å². The first-order valence-corrected chi connectivity index (χ1v) is 11.6. The number of rotatable bonds is 3. The van der Waals surface area contributed by atoms with Crippen LogP contribution >= 0.6 is 38.9 Å². The molecular weight excluding hydrogens is 460 g/mol. The molecule has 2 atom stereocenters. The number of carbonyl (C=O) groups is 1. The Hall–Kier alpha value is -1.24. The highest BCUT2D eigenvalue weighted by atomic mass is 79.9. The molecule has 0 spiro atoms. The molecule has 1 aliphatic carbocycles. The van der Waals surface area contributed by atoms with E-state index in [4.69, 9.17) is 11.6 Å². The molecule has 0 unspecified atom stereocenters. The molecule has 2 aliphatic rings. The zero-order valence-corrected chi connectivity index (χ0v) is 19.3. The third-order valence-corrected chi connectivity index (χ3v) is 8.36. The molecule has 0 fully saturated rings. The molecule has 1 aromatic heterocycles. The van der Waals surface area contributed by atoms with Crippen molar-refractivity contribution in [2.24, 2.45) is 11.3 Å². The lowest BCUT2D eigenvalue weighted by molar-refractivity contribution is 0.0934. The highest BCUT2D eigenvalue weighted by Crippen LogP contribution is 2.47. The molecular formula is C21H24BrClN2O2S. The number of benzene rings is 1. The summed E-state index contributed by atoms with van der Waals surface area (Å²) in [6, 6.07) is 3.41. The fourth-order valence-electron chi connectivity index (χ4n) is 4.22. The van der Waals surface area contributed by atoms with Crippen molar-refractivity contribution in [2.75, 3.05) is 5.32 Å². The number of fused-ring (bicyclic) bond motifs is 3. The van der Waals surface area contributed by atoms with Gasteiger partial charge in [-0.05, 0) is 48.3 Å². The number of thiophene rings is 1. The lowest BCUT2D eigenvalue weighted by Gasteiger charge is -2.36. The SMILES string of the molecule is CCC(C)(C)[C@H]1CCc2c(sc3c2C(=O)N[C@@H](c2cc(Br)cc(Cl)c2O)N3)C1. The molecule has 4 rings (SSSR count). The van der Waals surface area contributed by atoms with Gasteiger partial charge in [-0.3, -0.25) is 4.79 Å². The predicted octanol–water partition coefficient (Wildman–Crippen LogP) is 6.26. The predicted molar refractivity (Wildman–Crippen MR) is 119 cm³/mol. The smallest absolute Gasteiger partial charge is 0.256 e. The second-order valence-corrected chi connectivity index (χ2v) is 10.8. The zero-order chi connectivity index (χ0) is 20.2. The van der Waals surface area contributed by atoms with Crippen LogP contribution in [0.2, 0.25) is 5.02 Å². The first-order valence-electron chi connectivity index (χ1n) is 9.61. The number of hydrogen-bond donors (Lipinski definition) is 3. The van der Waals surface area contributed by atoms with E-state index in [1.54, 1.807) is 23.5 Å². The summed E-state index contributed by atoms with van der Waals surface area (Å²) in [5.41, 5.74) is 2.83. The summed E-state index contributed by atoms with van der Waals surface area (Å²) in [7, 11) is 0. The van der Waals surface area contributed by atoms with Gasteiger partial charge in [0.25, 0.3) is 5.91 Å². The Morgan fingerprint density at radius 2 is 2.11 bits per heavy atom. The Morgan fingerprint density at radius 3 is 2.82 bits per heavy atom. The molecule has 1 aliphatic heterocycles. The van der Waals surface area contributed by atoms with Gasteiger partial charge in [0, 0.05) is 14.9 Å².